The van der Waals surface area contributed by atoms with Gasteiger partial charge in [-0.1, -0.05) is 30.3 Å². The van der Waals surface area contributed by atoms with E-state index >= 15 is 0 Å². The summed E-state index contributed by atoms with van der Waals surface area (Å²) in [6.45, 7) is 2.17. The summed E-state index contributed by atoms with van der Waals surface area (Å²) in [5.74, 6) is 1.35. The normalized spacial score (nSPS) is 39.3. The monoisotopic (exact) mass is 203 g/mol. The number of benzene rings is 1. The van der Waals surface area contributed by atoms with Gasteiger partial charge in [-0.25, -0.2) is 0 Å². The first-order valence-corrected chi connectivity index (χ1v) is 5.76. The lowest BCUT2D eigenvalue weighted by molar-refractivity contribution is 0.0359. The van der Waals surface area contributed by atoms with E-state index in [-0.39, 0.29) is 0 Å². The topological polar surface area (TPSA) is 32.3 Å². The van der Waals surface area contributed by atoms with Crippen LogP contribution in [0.4, 0.5) is 0 Å². The fraction of sp³-hybridized carbons (Fsp3) is 0.538. The Morgan fingerprint density at radius 2 is 1.67 bits per heavy atom. The Morgan fingerprint density at radius 1 is 1.07 bits per heavy atom. The molecule has 80 valence electrons. The van der Waals surface area contributed by atoms with Crippen LogP contribution in [-0.2, 0) is 5.60 Å². The van der Waals surface area contributed by atoms with Crippen molar-refractivity contribution < 1.29 is 5.11 Å². The summed E-state index contributed by atoms with van der Waals surface area (Å²) in [5.41, 5.74) is 0.540. The van der Waals surface area contributed by atoms with Gasteiger partial charge in [-0.3, -0.25) is 0 Å². The van der Waals surface area contributed by atoms with Gasteiger partial charge in [0.2, 0.25) is 0 Å². The highest BCUT2D eigenvalue weighted by atomic mass is 16.3. The van der Waals surface area contributed by atoms with Gasteiger partial charge < -0.3 is 10.4 Å². The van der Waals surface area contributed by atoms with Crippen molar-refractivity contribution in [1.29, 1.82) is 0 Å². The van der Waals surface area contributed by atoms with Crippen LogP contribution >= 0.6 is 0 Å². The lowest BCUT2D eigenvalue weighted by atomic mass is 9.91. The summed E-state index contributed by atoms with van der Waals surface area (Å²) in [6, 6.07) is 10.1. The quantitative estimate of drug-likeness (QED) is 0.725. The van der Waals surface area contributed by atoms with E-state index in [9.17, 15) is 5.11 Å². The van der Waals surface area contributed by atoms with Crippen molar-refractivity contribution in [2.24, 2.45) is 11.8 Å². The average molecular weight is 203 g/mol. The van der Waals surface area contributed by atoms with Gasteiger partial charge in [-0.15, -0.1) is 0 Å². The van der Waals surface area contributed by atoms with Gasteiger partial charge in [0.25, 0.3) is 0 Å². The molecule has 1 unspecified atom stereocenters. The third-order valence-electron chi connectivity index (χ3n) is 3.99. The van der Waals surface area contributed by atoms with Gasteiger partial charge in [0.15, 0.2) is 0 Å². The molecule has 1 aliphatic carbocycles. The van der Waals surface area contributed by atoms with E-state index in [0.29, 0.717) is 11.8 Å². The molecule has 2 fully saturated rings. The van der Waals surface area contributed by atoms with Crippen LogP contribution in [0.1, 0.15) is 18.4 Å². The van der Waals surface area contributed by atoms with E-state index in [2.05, 4.69) is 17.4 Å². The Balaban J connectivity index is 1.87. The highest BCUT2D eigenvalue weighted by Gasteiger charge is 2.46. The number of rotatable bonds is 1. The first-order valence-electron chi connectivity index (χ1n) is 5.76. The fourth-order valence-electron chi connectivity index (χ4n) is 3.20. The van der Waals surface area contributed by atoms with E-state index in [1.165, 1.54) is 0 Å². The van der Waals surface area contributed by atoms with Gasteiger partial charge in [0.05, 0.1) is 5.60 Å². The summed E-state index contributed by atoms with van der Waals surface area (Å²) in [5, 5.41) is 14.0. The molecule has 1 aliphatic heterocycles. The maximum Gasteiger partial charge on any atom is 0.0903 e. The third-order valence-corrected chi connectivity index (χ3v) is 3.99. The predicted molar refractivity (Wildman–Crippen MR) is 59.4 cm³/mol. The molecule has 0 spiro atoms. The Hall–Kier alpha value is -0.860. The molecule has 15 heavy (non-hydrogen) atoms. The number of aliphatic hydroxyl groups is 1. The summed E-state index contributed by atoms with van der Waals surface area (Å²) < 4.78 is 0. The first-order chi connectivity index (χ1) is 7.28. The molecule has 3 rings (SSSR count). The highest BCUT2D eigenvalue weighted by molar-refractivity contribution is 5.24. The molecule has 2 aliphatic rings. The van der Waals surface area contributed by atoms with Crippen molar-refractivity contribution in [3.8, 4) is 0 Å². The van der Waals surface area contributed by atoms with Crippen LogP contribution in [0.5, 0.6) is 0 Å². The molecule has 2 N–H and O–H groups in total. The Kier molecular flexibility index (Phi) is 2.08. The molecule has 1 saturated heterocycles. The maximum atomic E-state index is 10.6. The number of hydrogen-bond donors (Lipinski definition) is 2. The second kappa shape index (κ2) is 3.32. The lowest BCUT2D eigenvalue weighted by Crippen LogP contribution is -2.25. The zero-order valence-electron chi connectivity index (χ0n) is 8.82. The van der Waals surface area contributed by atoms with E-state index in [0.717, 1.165) is 31.5 Å². The minimum atomic E-state index is -0.557. The number of hydrogen-bond acceptors (Lipinski definition) is 2. The predicted octanol–water partition coefficient (Wildman–Crippen LogP) is 1.50. The van der Waals surface area contributed by atoms with Crippen molar-refractivity contribution >= 4 is 0 Å². The molecule has 1 aromatic rings. The Morgan fingerprint density at radius 3 is 2.27 bits per heavy atom. The summed E-state index contributed by atoms with van der Waals surface area (Å²) >= 11 is 0. The fourth-order valence-corrected chi connectivity index (χ4v) is 3.20. The van der Waals surface area contributed by atoms with Crippen molar-refractivity contribution in [2.75, 3.05) is 13.1 Å². The number of nitrogens with one attached hydrogen (secondary N) is 1. The molecule has 3 atom stereocenters. The minimum absolute atomic E-state index is 0.557. The first kappa shape index (κ1) is 9.37. The highest BCUT2D eigenvalue weighted by Crippen LogP contribution is 2.46. The van der Waals surface area contributed by atoms with Crippen LogP contribution in [-0.4, -0.2) is 18.2 Å². The zero-order chi connectivity index (χ0) is 10.3. The third kappa shape index (κ3) is 1.48. The summed E-state index contributed by atoms with van der Waals surface area (Å²) in [4.78, 5) is 0. The zero-order valence-corrected chi connectivity index (χ0v) is 8.82. The van der Waals surface area contributed by atoms with E-state index in [1.807, 2.05) is 18.2 Å². The second-order valence-corrected chi connectivity index (χ2v) is 4.98. The maximum absolute atomic E-state index is 10.6. The van der Waals surface area contributed by atoms with Crippen LogP contribution in [0.3, 0.4) is 0 Å². The second-order valence-electron chi connectivity index (χ2n) is 4.98. The van der Waals surface area contributed by atoms with E-state index in [4.69, 9.17) is 0 Å². The molecule has 0 bridgehead atoms. The summed E-state index contributed by atoms with van der Waals surface area (Å²) in [6.07, 6.45) is 1.85. The molecule has 1 saturated carbocycles. The Bertz CT molecular complexity index is 337. The van der Waals surface area contributed by atoms with Gasteiger partial charge in [-0.2, -0.15) is 0 Å². The van der Waals surface area contributed by atoms with Crippen LogP contribution in [0, 0.1) is 11.8 Å². The van der Waals surface area contributed by atoms with Crippen LogP contribution < -0.4 is 5.32 Å². The van der Waals surface area contributed by atoms with Crippen molar-refractivity contribution in [3.63, 3.8) is 0 Å². The summed E-state index contributed by atoms with van der Waals surface area (Å²) in [7, 11) is 0. The van der Waals surface area contributed by atoms with Crippen molar-refractivity contribution in [2.45, 2.75) is 18.4 Å². The molecule has 1 aromatic carbocycles. The molecule has 0 radical (unpaired) electrons. The van der Waals surface area contributed by atoms with Gasteiger partial charge in [-0.05, 0) is 43.3 Å². The largest absolute Gasteiger partial charge is 0.385 e. The lowest BCUT2D eigenvalue weighted by Gasteiger charge is -2.24. The Labute approximate surface area is 90.3 Å². The molecule has 2 heteroatoms. The van der Waals surface area contributed by atoms with Gasteiger partial charge in [0.1, 0.15) is 0 Å². The standard InChI is InChI=1S/C13H17NO/c15-13(12-4-2-1-3-5-12)6-10-8-14-9-11(10)7-13/h1-5,10-11,14-15H,6-9H2/t10-,11+,13?. The molecule has 0 aromatic heterocycles. The van der Waals surface area contributed by atoms with Gasteiger partial charge in [0, 0.05) is 0 Å². The smallest absolute Gasteiger partial charge is 0.0903 e. The SMILES string of the molecule is OC1(c2ccccc2)C[C@H]2CNC[C@H]2C1. The molecular weight excluding hydrogens is 186 g/mol. The number of fused-ring (bicyclic) bond motifs is 1. The van der Waals surface area contributed by atoms with E-state index in [1.54, 1.807) is 0 Å². The molecule has 1 heterocycles. The van der Waals surface area contributed by atoms with Crippen molar-refractivity contribution in [1.82, 2.24) is 5.32 Å². The van der Waals surface area contributed by atoms with E-state index < -0.39 is 5.60 Å². The minimum Gasteiger partial charge on any atom is -0.385 e. The van der Waals surface area contributed by atoms with Crippen LogP contribution in [0.25, 0.3) is 0 Å². The van der Waals surface area contributed by atoms with Gasteiger partial charge >= 0.3 is 0 Å². The average Bonchev–Trinajstić information content (AvgIpc) is 2.78. The molecule has 0 amide bonds. The molecule has 2 nitrogen and oxygen atoms in total. The van der Waals surface area contributed by atoms with Crippen molar-refractivity contribution in [3.05, 3.63) is 35.9 Å². The molecular formula is C13H17NO. The van der Waals surface area contributed by atoms with Crippen LogP contribution in [0.2, 0.25) is 0 Å². The van der Waals surface area contributed by atoms with Crippen LogP contribution in [0.15, 0.2) is 30.3 Å².